The number of aliphatic carboxylic acids is 1. The van der Waals surface area contributed by atoms with E-state index in [0.717, 1.165) is 35.5 Å². The van der Waals surface area contributed by atoms with E-state index in [0.29, 0.717) is 25.5 Å². The molecule has 6 heteroatoms. The van der Waals surface area contributed by atoms with E-state index in [4.69, 9.17) is 14.8 Å². The molecule has 2 aromatic carbocycles. The first-order chi connectivity index (χ1) is 15.4. The van der Waals surface area contributed by atoms with Crippen molar-refractivity contribution in [2.24, 2.45) is 5.92 Å². The van der Waals surface area contributed by atoms with Crippen molar-refractivity contribution in [2.75, 3.05) is 13.1 Å². The summed E-state index contributed by atoms with van der Waals surface area (Å²) in [7, 11) is 0. The molecule has 1 N–H and O–H groups in total. The van der Waals surface area contributed by atoms with Crippen LogP contribution in [0, 0.1) is 19.8 Å². The van der Waals surface area contributed by atoms with Gasteiger partial charge in [0.05, 0.1) is 11.6 Å². The lowest BCUT2D eigenvalue weighted by atomic mass is 10.0. The van der Waals surface area contributed by atoms with E-state index in [1.807, 2.05) is 30.5 Å². The number of hydrogen-bond acceptors (Lipinski definition) is 5. The van der Waals surface area contributed by atoms with Gasteiger partial charge in [-0.05, 0) is 54.8 Å². The molecular formula is C26H29N3O3. The molecule has 1 aromatic heterocycles. The van der Waals surface area contributed by atoms with Gasteiger partial charge < -0.3 is 9.84 Å². The number of carboxylic acids is 1. The van der Waals surface area contributed by atoms with E-state index in [-0.39, 0.29) is 5.92 Å². The van der Waals surface area contributed by atoms with Crippen LogP contribution in [0.25, 0.3) is 11.4 Å². The van der Waals surface area contributed by atoms with E-state index >= 15 is 0 Å². The zero-order valence-electron chi connectivity index (χ0n) is 18.8. The standard InChI is InChI=1S/C26H29N3O3/c1-17-5-4-6-18(2)23(17)16-32-22-9-7-20(8-10-22)25-27-13-21-15-29(12-11-24(21)28-25)14-19(3)26(30)31/h4-10,13,19H,11-12,14-16H2,1-3H3,(H,30,31). The van der Waals surface area contributed by atoms with Crippen LogP contribution in [0.3, 0.4) is 0 Å². The zero-order valence-corrected chi connectivity index (χ0v) is 18.8. The van der Waals surface area contributed by atoms with Crippen LogP contribution in [0.4, 0.5) is 0 Å². The number of carboxylic acid groups (broad SMARTS) is 1. The van der Waals surface area contributed by atoms with Crippen molar-refractivity contribution in [1.29, 1.82) is 0 Å². The maximum Gasteiger partial charge on any atom is 0.307 e. The molecular weight excluding hydrogens is 402 g/mol. The van der Waals surface area contributed by atoms with Gasteiger partial charge in [-0.25, -0.2) is 9.97 Å². The smallest absolute Gasteiger partial charge is 0.307 e. The second-order valence-electron chi connectivity index (χ2n) is 8.57. The van der Waals surface area contributed by atoms with Gasteiger partial charge in [-0.2, -0.15) is 0 Å². The van der Waals surface area contributed by atoms with Gasteiger partial charge in [0, 0.05) is 43.4 Å². The Hall–Kier alpha value is -3.25. The molecule has 1 atom stereocenters. The molecule has 4 rings (SSSR count). The number of benzene rings is 2. The quantitative estimate of drug-likeness (QED) is 0.597. The van der Waals surface area contributed by atoms with Gasteiger partial charge in [-0.15, -0.1) is 0 Å². The van der Waals surface area contributed by atoms with Crippen molar-refractivity contribution in [2.45, 2.75) is 40.3 Å². The molecule has 6 nitrogen and oxygen atoms in total. The van der Waals surface area contributed by atoms with Crippen LogP contribution in [-0.4, -0.2) is 39.0 Å². The van der Waals surface area contributed by atoms with Gasteiger partial charge in [0.25, 0.3) is 0 Å². The normalized spacial score (nSPS) is 14.6. The van der Waals surface area contributed by atoms with Gasteiger partial charge in [-0.1, -0.05) is 25.1 Å². The molecule has 3 aromatic rings. The summed E-state index contributed by atoms with van der Waals surface area (Å²) in [5.74, 6) is 0.381. The highest BCUT2D eigenvalue weighted by Crippen LogP contribution is 2.24. The third kappa shape index (κ3) is 4.97. The molecule has 0 amide bonds. The Bertz CT molecular complexity index is 1090. The van der Waals surface area contributed by atoms with E-state index in [9.17, 15) is 4.79 Å². The lowest BCUT2D eigenvalue weighted by Gasteiger charge is -2.29. The fourth-order valence-electron chi connectivity index (χ4n) is 4.07. The van der Waals surface area contributed by atoms with Gasteiger partial charge in [0.2, 0.25) is 0 Å². The summed E-state index contributed by atoms with van der Waals surface area (Å²) in [5.41, 5.74) is 6.77. The highest BCUT2D eigenvalue weighted by molar-refractivity contribution is 5.69. The molecule has 2 heterocycles. The van der Waals surface area contributed by atoms with Crippen LogP contribution >= 0.6 is 0 Å². The maximum atomic E-state index is 11.1. The Morgan fingerprint density at radius 3 is 2.56 bits per heavy atom. The maximum absolute atomic E-state index is 11.1. The minimum atomic E-state index is -0.760. The summed E-state index contributed by atoms with van der Waals surface area (Å²) >= 11 is 0. The number of nitrogens with zero attached hydrogens (tertiary/aromatic N) is 3. The van der Waals surface area contributed by atoms with Crippen LogP contribution in [0.5, 0.6) is 5.75 Å². The van der Waals surface area contributed by atoms with Crippen molar-refractivity contribution in [3.63, 3.8) is 0 Å². The number of aromatic nitrogens is 2. The molecule has 0 fully saturated rings. The topological polar surface area (TPSA) is 75.6 Å². The number of hydrogen-bond donors (Lipinski definition) is 1. The van der Waals surface area contributed by atoms with Crippen LogP contribution in [0.1, 0.15) is 34.9 Å². The van der Waals surface area contributed by atoms with Crippen LogP contribution in [0.15, 0.2) is 48.7 Å². The molecule has 0 bridgehead atoms. The lowest BCUT2D eigenvalue weighted by molar-refractivity contribution is -0.141. The molecule has 1 aliphatic rings. The minimum absolute atomic E-state index is 0.382. The summed E-state index contributed by atoms with van der Waals surface area (Å²) in [6, 6.07) is 14.2. The average molecular weight is 432 g/mol. The lowest BCUT2D eigenvalue weighted by Crippen LogP contribution is -2.36. The number of rotatable bonds is 7. The van der Waals surface area contributed by atoms with Crippen LogP contribution < -0.4 is 4.74 Å². The molecule has 0 saturated heterocycles. The fourth-order valence-corrected chi connectivity index (χ4v) is 4.07. The molecule has 32 heavy (non-hydrogen) atoms. The first-order valence-electron chi connectivity index (χ1n) is 11.0. The Morgan fingerprint density at radius 2 is 1.88 bits per heavy atom. The Kier molecular flexibility index (Phi) is 6.51. The fraction of sp³-hybridized carbons (Fsp3) is 0.346. The molecule has 0 spiro atoms. The van der Waals surface area contributed by atoms with Crippen molar-refractivity contribution >= 4 is 5.97 Å². The number of ether oxygens (including phenoxy) is 1. The molecule has 0 radical (unpaired) electrons. The van der Waals surface area contributed by atoms with Crippen molar-refractivity contribution in [3.8, 4) is 17.1 Å². The van der Waals surface area contributed by atoms with E-state index in [2.05, 4.69) is 41.9 Å². The second kappa shape index (κ2) is 9.49. The predicted octanol–water partition coefficient (Wildman–Crippen LogP) is 4.42. The third-order valence-corrected chi connectivity index (χ3v) is 6.11. The molecule has 166 valence electrons. The van der Waals surface area contributed by atoms with Gasteiger partial charge >= 0.3 is 5.97 Å². The average Bonchev–Trinajstić information content (AvgIpc) is 2.79. The summed E-state index contributed by atoms with van der Waals surface area (Å²) in [6.45, 7) is 8.55. The zero-order chi connectivity index (χ0) is 22.7. The first kappa shape index (κ1) is 22.0. The van der Waals surface area contributed by atoms with E-state index in [1.165, 1.54) is 16.7 Å². The minimum Gasteiger partial charge on any atom is -0.489 e. The van der Waals surface area contributed by atoms with E-state index < -0.39 is 5.97 Å². The predicted molar refractivity (Wildman–Crippen MR) is 123 cm³/mol. The number of carbonyl (C=O) groups is 1. The molecule has 0 saturated carbocycles. The highest BCUT2D eigenvalue weighted by Gasteiger charge is 2.22. The van der Waals surface area contributed by atoms with Crippen molar-refractivity contribution in [1.82, 2.24) is 14.9 Å². The largest absolute Gasteiger partial charge is 0.489 e. The second-order valence-corrected chi connectivity index (χ2v) is 8.57. The van der Waals surface area contributed by atoms with Gasteiger partial charge in [0.15, 0.2) is 5.82 Å². The summed E-state index contributed by atoms with van der Waals surface area (Å²) in [4.78, 5) is 22.6. The van der Waals surface area contributed by atoms with Gasteiger partial charge in [-0.3, -0.25) is 9.69 Å². The SMILES string of the molecule is Cc1cccc(C)c1COc1ccc(-c2ncc3c(n2)CCN(CC(C)C(=O)O)C3)cc1. The Morgan fingerprint density at radius 1 is 1.16 bits per heavy atom. The summed E-state index contributed by atoms with van der Waals surface area (Å²) in [5, 5.41) is 9.15. The Labute approximate surface area is 188 Å². The van der Waals surface area contributed by atoms with E-state index in [1.54, 1.807) is 6.92 Å². The first-order valence-corrected chi connectivity index (χ1v) is 11.0. The van der Waals surface area contributed by atoms with Crippen LogP contribution in [0.2, 0.25) is 0 Å². The monoisotopic (exact) mass is 431 g/mol. The number of aryl methyl sites for hydroxylation is 2. The summed E-state index contributed by atoms with van der Waals surface area (Å²) < 4.78 is 6.01. The van der Waals surface area contributed by atoms with Crippen molar-refractivity contribution in [3.05, 3.63) is 76.6 Å². The molecule has 0 aliphatic carbocycles. The highest BCUT2D eigenvalue weighted by atomic mass is 16.5. The summed E-state index contributed by atoms with van der Waals surface area (Å²) in [6.07, 6.45) is 2.68. The third-order valence-electron chi connectivity index (χ3n) is 6.11. The molecule has 1 aliphatic heterocycles. The van der Waals surface area contributed by atoms with Crippen LogP contribution in [-0.2, 0) is 24.4 Å². The molecule has 1 unspecified atom stereocenters. The number of fused-ring (bicyclic) bond motifs is 1. The van der Waals surface area contributed by atoms with Gasteiger partial charge in [0.1, 0.15) is 12.4 Å². The van der Waals surface area contributed by atoms with Crippen molar-refractivity contribution < 1.29 is 14.6 Å². The Balaban J connectivity index is 1.41.